The van der Waals surface area contributed by atoms with Gasteiger partial charge in [0.25, 0.3) is 6.43 Å². The van der Waals surface area contributed by atoms with Crippen molar-refractivity contribution in [3.05, 3.63) is 66.1 Å². The molecule has 2 aromatic carbocycles. The first-order valence-electron chi connectivity index (χ1n) is 8.43. The Morgan fingerprint density at radius 3 is 2.64 bits per heavy atom. The van der Waals surface area contributed by atoms with Crippen LogP contribution in [0.25, 0.3) is 28.0 Å². The first-order chi connectivity index (χ1) is 13.6. The summed E-state index contributed by atoms with van der Waals surface area (Å²) in [5.74, 6) is 0.567. The average Bonchev–Trinajstić information content (AvgIpc) is 3.33. The van der Waals surface area contributed by atoms with Crippen molar-refractivity contribution in [3.8, 4) is 28.4 Å². The average molecular weight is 383 g/mol. The Bertz CT molecular complexity index is 1210. The standard InChI is InChI=1S/C20H12F3N3O2/c21-14-3-1-2-4-16(14)26-20-13(9-24-26)12(19(22)23)8-15(25-20)11-5-6-17-18(7-11)28-10-27-17/h1-9,19H,10H2. The zero-order valence-electron chi connectivity index (χ0n) is 14.3. The van der Waals surface area contributed by atoms with E-state index >= 15 is 0 Å². The highest BCUT2D eigenvalue weighted by molar-refractivity contribution is 5.84. The fraction of sp³-hybridized carbons (Fsp3) is 0.100. The Labute approximate surface area is 157 Å². The summed E-state index contributed by atoms with van der Waals surface area (Å²) in [6.07, 6.45) is -1.46. The second-order valence-electron chi connectivity index (χ2n) is 6.21. The van der Waals surface area contributed by atoms with Crippen LogP contribution >= 0.6 is 0 Å². The molecule has 8 heteroatoms. The lowest BCUT2D eigenvalue weighted by Crippen LogP contribution is -2.02. The number of nitrogens with zero attached hydrogens (tertiary/aromatic N) is 3. The quantitative estimate of drug-likeness (QED) is 0.505. The summed E-state index contributed by atoms with van der Waals surface area (Å²) >= 11 is 0. The number of ether oxygens (including phenoxy) is 2. The number of halogens is 3. The van der Waals surface area contributed by atoms with Crippen molar-refractivity contribution >= 4 is 11.0 Å². The van der Waals surface area contributed by atoms with Gasteiger partial charge in [-0.3, -0.25) is 0 Å². The van der Waals surface area contributed by atoms with Gasteiger partial charge in [0.05, 0.1) is 11.9 Å². The summed E-state index contributed by atoms with van der Waals surface area (Å²) in [6.45, 7) is 0.105. The van der Waals surface area contributed by atoms with E-state index in [2.05, 4.69) is 10.1 Å². The third-order valence-corrected chi connectivity index (χ3v) is 4.56. The minimum Gasteiger partial charge on any atom is -0.454 e. The summed E-state index contributed by atoms with van der Waals surface area (Å²) in [6, 6.07) is 12.4. The van der Waals surface area contributed by atoms with Crippen molar-refractivity contribution in [2.45, 2.75) is 6.43 Å². The molecule has 2 aromatic heterocycles. The van der Waals surface area contributed by atoms with Crippen molar-refractivity contribution in [2.24, 2.45) is 0 Å². The molecule has 0 saturated carbocycles. The molecule has 0 radical (unpaired) electrons. The van der Waals surface area contributed by atoms with Crippen LogP contribution < -0.4 is 9.47 Å². The number of hydrogen-bond donors (Lipinski definition) is 0. The van der Waals surface area contributed by atoms with E-state index in [9.17, 15) is 13.2 Å². The maximum atomic E-state index is 14.2. The van der Waals surface area contributed by atoms with Gasteiger partial charge in [-0.2, -0.15) is 5.10 Å². The third kappa shape index (κ3) is 2.57. The van der Waals surface area contributed by atoms with Crippen molar-refractivity contribution in [1.29, 1.82) is 0 Å². The number of aromatic nitrogens is 3. The van der Waals surface area contributed by atoms with Gasteiger partial charge in [0.1, 0.15) is 11.5 Å². The molecule has 4 aromatic rings. The van der Waals surface area contributed by atoms with E-state index in [0.717, 1.165) is 0 Å². The van der Waals surface area contributed by atoms with E-state index in [1.807, 2.05) is 0 Å². The van der Waals surface area contributed by atoms with Crippen LogP contribution in [0.2, 0.25) is 0 Å². The Kier molecular flexibility index (Phi) is 3.71. The highest BCUT2D eigenvalue weighted by atomic mass is 19.3. The largest absolute Gasteiger partial charge is 0.454 e. The molecule has 0 fully saturated rings. The summed E-state index contributed by atoms with van der Waals surface area (Å²) < 4.78 is 53.5. The predicted octanol–water partition coefficient (Wildman–Crippen LogP) is 4.89. The zero-order valence-corrected chi connectivity index (χ0v) is 14.3. The predicted molar refractivity (Wildman–Crippen MR) is 95.3 cm³/mol. The van der Waals surface area contributed by atoms with Crippen LogP contribution in [0.5, 0.6) is 11.5 Å². The van der Waals surface area contributed by atoms with E-state index in [1.165, 1.54) is 29.1 Å². The number of alkyl halides is 2. The Morgan fingerprint density at radius 1 is 1.00 bits per heavy atom. The molecule has 3 heterocycles. The molecule has 0 aliphatic carbocycles. The molecule has 0 atom stereocenters. The molecule has 1 aliphatic heterocycles. The molecule has 0 amide bonds. The molecule has 28 heavy (non-hydrogen) atoms. The van der Waals surface area contributed by atoms with Gasteiger partial charge in [-0.25, -0.2) is 22.8 Å². The zero-order chi connectivity index (χ0) is 19.3. The first kappa shape index (κ1) is 16.6. The number of benzene rings is 2. The normalized spacial score (nSPS) is 12.9. The first-order valence-corrected chi connectivity index (χ1v) is 8.43. The summed E-state index contributed by atoms with van der Waals surface area (Å²) in [5, 5.41) is 4.27. The second kappa shape index (κ2) is 6.26. The van der Waals surface area contributed by atoms with Crippen molar-refractivity contribution in [1.82, 2.24) is 14.8 Å². The Hall–Kier alpha value is -3.55. The minimum absolute atomic E-state index is 0.105. The molecule has 140 valence electrons. The van der Waals surface area contributed by atoms with Gasteiger partial charge in [0, 0.05) is 16.5 Å². The van der Waals surface area contributed by atoms with Crippen LogP contribution in [0, 0.1) is 5.82 Å². The number of hydrogen-bond acceptors (Lipinski definition) is 4. The molecule has 5 nitrogen and oxygen atoms in total. The maximum Gasteiger partial charge on any atom is 0.264 e. The minimum atomic E-state index is -2.74. The smallest absolute Gasteiger partial charge is 0.264 e. The van der Waals surface area contributed by atoms with E-state index in [4.69, 9.17) is 9.47 Å². The lowest BCUT2D eigenvalue weighted by Gasteiger charge is -2.09. The molecule has 0 N–H and O–H groups in total. The van der Waals surface area contributed by atoms with Crippen molar-refractivity contribution in [3.63, 3.8) is 0 Å². The number of rotatable bonds is 3. The number of para-hydroxylation sites is 1. The molecule has 0 saturated heterocycles. The lowest BCUT2D eigenvalue weighted by atomic mass is 10.1. The SMILES string of the molecule is Fc1ccccc1-n1ncc2c(C(F)F)cc(-c3ccc4c(c3)OCO4)nc21. The molecule has 0 spiro atoms. The summed E-state index contributed by atoms with van der Waals surface area (Å²) in [4.78, 5) is 4.50. The molecular weight excluding hydrogens is 371 g/mol. The topological polar surface area (TPSA) is 49.2 Å². The van der Waals surface area contributed by atoms with Gasteiger partial charge < -0.3 is 9.47 Å². The van der Waals surface area contributed by atoms with Crippen LogP contribution in [-0.2, 0) is 0 Å². The van der Waals surface area contributed by atoms with E-state index in [0.29, 0.717) is 22.8 Å². The summed E-state index contributed by atoms with van der Waals surface area (Å²) in [5.41, 5.74) is 0.942. The second-order valence-corrected chi connectivity index (χ2v) is 6.21. The maximum absolute atomic E-state index is 14.2. The van der Waals surface area contributed by atoms with Crippen molar-refractivity contribution < 1.29 is 22.6 Å². The van der Waals surface area contributed by atoms with Gasteiger partial charge >= 0.3 is 0 Å². The van der Waals surface area contributed by atoms with Crippen LogP contribution in [0.1, 0.15) is 12.0 Å². The van der Waals surface area contributed by atoms with Gasteiger partial charge in [0.15, 0.2) is 17.1 Å². The van der Waals surface area contributed by atoms with Gasteiger partial charge in [0.2, 0.25) is 6.79 Å². The molecule has 5 rings (SSSR count). The highest BCUT2D eigenvalue weighted by Gasteiger charge is 2.21. The lowest BCUT2D eigenvalue weighted by molar-refractivity contribution is 0.153. The van der Waals surface area contributed by atoms with E-state index in [1.54, 1.807) is 30.3 Å². The van der Waals surface area contributed by atoms with Crippen LogP contribution in [0.4, 0.5) is 13.2 Å². The summed E-state index contributed by atoms with van der Waals surface area (Å²) in [7, 11) is 0. The molecule has 1 aliphatic rings. The monoisotopic (exact) mass is 383 g/mol. The van der Waals surface area contributed by atoms with Gasteiger partial charge in [-0.1, -0.05) is 12.1 Å². The molecule has 0 bridgehead atoms. The van der Waals surface area contributed by atoms with E-state index < -0.39 is 12.2 Å². The van der Waals surface area contributed by atoms with Crippen LogP contribution in [0.3, 0.4) is 0 Å². The molecule has 0 unspecified atom stereocenters. The highest BCUT2D eigenvalue weighted by Crippen LogP contribution is 2.37. The Morgan fingerprint density at radius 2 is 1.82 bits per heavy atom. The van der Waals surface area contributed by atoms with Crippen LogP contribution in [0.15, 0.2) is 54.7 Å². The molecular formula is C20H12F3N3O2. The van der Waals surface area contributed by atoms with E-state index in [-0.39, 0.29) is 29.1 Å². The van der Waals surface area contributed by atoms with Crippen LogP contribution in [-0.4, -0.2) is 21.6 Å². The fourth-order valence-electron chi connectivity index (χ4n) is 3.21. The Balaban J connectivity index is 1.75. The van der Waals surface area contributed by atoms with Crippen molar-refractivity contribution in [2.75, 3.05) is 6.79 Å². The fourth-order valence-corrected chi connectivity index (χ4v) is 3.21. The third-order valence-electron chi connectivity index (χ3n) is 4.56. The van der Waals surface area contributed by atoms with Gasteiger partial charge in [-0.05, 0) is 36.4 Å². The number of fused-ring (bicyclic) bond motifs is 2. The number of pyridine rings is 1. The van der Waals surface area contributed by atoms with Gasteiger partial charge in [-0.15, -0.1) is 0 Å².